The van der Waals surface area contributed by atoms with Gasteiger partial charge in [0.1, 0.15) is 5.69 Å². The van der Waals surface area contributed by atoms with Gasteiger partial charge in [0.05, 0.1) is 10.7 Å². The van der Waals surface area contributed by atoms with E-state index in [1.807, 2.05) is 24.6 Å². The standard InChI is InChI=1S/C14H18N4OS.2ClH/c1-9-18-13(8-20-9)10-5-12(16-6-10)14(19)17-7-11-3-2-4-15-11;;/h5-6,8,11,15-16H,2-4,7H2,1H3,(H,17,19);2*1H. The van der Waals surface area contributed by atoms with Crippen LogP contribution in [0.4, 0.5) is 0 Å². The van der Waals surface area contributed by atoms with Crippen LogP contribution < -0.4 is 10.6 Å². The number of carbonyl (C=O) groups excluding carboxylic acids is 1. The van der Waals surface area contributed by atoms with Crippen molar-refractivity contribution in [1.29, 1.82) is 0 Å². The summed E-state index contributed by atoms with van der Waals surface area (Å²) in [5, 5.41) is 9.35. The fraction of sp³-hybridized carbons (Fsp3) is 0.429. The Morgan fingerprint density at radius 2 is 2.32 bits per heavy atom. The van der Waals surface area contributed by atoms with Gasteiger partial charge < -0.3 is 15.6 Å². The zero-order valence-corrected chi connectivity index (χ0v) is 14.7. The Bertz CT molecular complexity index is 608. The molecule has 0 aliphatic carbocycles. The highest BCUT2D eigenvalue weighted by molar-refractivity contribution is 7.09. The third-order valence-corrected chi connectivity index (χ3v) is 4.29. The maximum Gasteiger partial charge on any atom is 0.267 e. The lowest BCUT2D eigenvalue weighted by Gasteiger charge is -2.10. The van der Waals surface area contributed by atoms with E-state index in [0.717, 1.165) is 29.2 Å². The van der Waals surface area contributed by atoms with E-state index in [2.05, 4.69) is 20.6 Å². The van der Waals surface area contributed by atoms with Crippen LogP contribution in [0.5, 0.6) is 0 Å². The normalized spacial score (nSPS) is 16.7. The van der Waals surface area contributed by atoms with E-state index < -0.39 is 0 Å². The van der Waals surface area contributed by atoms with Gasteiger partial charge in [-0.3, -0.25) is 4.79 Å². The van der Waals surface area contributed by atoms with Crippen LogP contribution in [0.1, 0.15) is 28.3 Å². The Morgan fingerprint density at radius 1 is 1.50 bits per heavy atom. The number of nitrogens with zero attached hydrogens (tertiary/aromatic N) is 1. The number of thiazole rings is 1. The second-order valence-corrected chi connectivity index (χ2v) is 6.12. The Labute approximate surface area is 146 Å². The molecule has 5 nitrogen and oxygen atoms in total. The van der Waals surface area contributed by atoms with Crippen molar-refractivity contribution in [3.63, 3.8) is 0 Å². The number of hydrogen-bond acceptors (Lipinski definition) is 4. The van der Waals surface area contributed by atoms with Crippen LogP contribution in [0.3, 0.4) is 0 Å². The molecule has 3 rings (SSSR count). The number of H-pyrrole nitrogens is 1. The lowest BCUT2D eigenvalue weighted by Crippen LogP contribution is -2.37. The third kappa shape index (κ3) is 4.46. The topological polar surface area (TPSA) is 69.8 Å². The summed E-state index contributed by atoms with van der Waals surface area (Å²) in [4.78, 5) is 19.5. The molecular formula is C14H20Cl2N4OS. The average molecular weight is 363 g/mol. The molecule has 1 aliphatic heterocycles. The molecule has 0 bridgehead atoms. The summed E-state index contributed by atoms with van der Waals surface area (Å²) in [6.07, 6.45) is 4.15. The fourth-order valence-corrected chi connectivity index (χ4v) is 3.03. The van der Waals surface area contributed by atoms with Crippen molar-refractivity contribution in [2.45, 2.75) is 25.8 Å². The first-order chi connectivity index (χ1) is 9.72. The number of aromatic amines is 1. The number of rotatable bonds is 4. The van der Waals surface area contributed by atoms with Crippen LogP contribution in [0.2, 0.25) is 0 Å². The summed E-state index contributed by atoms with van der Waals surface area (Å²) < 4.78 is 0. The molecule has 8 heteroatoms. The van der Waals surface area contributed by atoms with E-state index in [1.165, 1.54) is 6.42 Å². The van der Waals surface area contributed by atoms with Gasteiger partial charge in [0.15, 0.2) is 0 Å². The SMILES string of the molecule is Cc1nc(-c2c[nH]c(C(=O)NCC3CCCN3)c2)cs1.Cl.Cl. The summed E-state index contributed by atoms with van der Waals surface area (Å²) in [5.41, 5.74) is 2.46. The van der Waals surface area contributed by atoms with Crippen molar-refractivity contribution in [3.05, 3.63) is 28.3 Å². The molecule has 0 saturated carbocycles. The number of hydrogen-bond donors (Lipinski definition) is 3. The van der Waals surface area contributed by atoms with Gasteiger partial charge in [-0.2, -0.15) is 0 Å². The molecule has 0 spiro atoms. The summed E-state index contributed by atoms with van der Waals surface area (Å²) in [6, 6.07) is 2.26. The summed E-state index contributed by atoms with van der Waals surface area (Å²) in [7, 11) is 0. The largest absolute Gasteiger partial charge is 0.357 e. The molecule has 1 amide bonds. The molecule has 1 atom stereocenters. The van der Waals surface area contributed by atoms with Gasteiger partial charge in [0, 0.05) is 29.7 Å². The maximum atomic E-state index is 12.1. The minimum Gasteiger partial charge on any atom is -0.357 e. The Balaban J connectivity index is 0.00000121. The lowest BCUT2D eigenvalue weighted by atomic mass is 10.2. The molecule has 122 valence electrons. The second kappa shape index (κ2) is 8.53. The minimum absolute atomic E-state index is 0. The van der Waals surface area contributed by atoms with Crippen LogP contribution in [0, 0.1) is 6.92 Å². The van der Waals surface area contributed by atoms with Gasteiger partial charge in [-0.1, -0.05) is 0 Å². The fourth-order valence-electron chi connectivity index (χ4n) is 2.41. The Morgan fingerprint density at radius 3 is 2.95 bits per heavy atom. The zero-order valence-electron chi connectivity index (χ0n) is 12.2. The van der Waals surface area contributed by atoms with E-state index in [0.29, 0.717) is 18.3 Å². The molecule has 22 heavy (non-hydrogen) atoms. The quantitative estimate of drug-likeness (QED) is 0.782. The third-order valence-electron chi connectivity index (χ3n) is 3.51. The summed E-state index contributed by atoms with van der Waals surface area (Å²) in [5.74, 6) is -0.0584. The van der Waals surface area contributed by atoms with Crippen LogP contribution in [0.25, 0.3) is 11.3 Å². The summed E-state index contributed by atoms with van der Waals surface area (Å²) in [6.45, 7) is 3.71. The molecule has 3 heterocycles. The highest BCUT2D eigenvalue weighted by Crippen LogP contribution is 2.22. The average Bonchev–Trinajstić information content (AvgIpc) is 3.16. The Kier molecular flexibility index (Phi) is 7.35. The second-order valence-electron chi connectivity index (χ2n) is 5.06. The summed E-state index contributed by atoms with van der Waals surface area (Å²) >= 11 is 1.61. The molecule has 1 saturated heterocycles. The van der Waals surface area contributed by atoms with Crippen LogP contribution >= 0.6 is 36.2 Å². The monoisotopic (exact) mass is 362 g/mol. The molecule has 1 fully saturated rings. The van der Waals surface area contributed by atoms with Crippen molar-refractivity contribution < 1.29 is 4.79 Å². The molecule has 0 radical (unpaired) electrons. The molecule has 0 aromatic carbocycles. The molecule has 3 N–H and O–H groups in total. The van der Waals surface area contributed by atoms with Gasteiger partial charge >= 0.3 is 0 Å². The van der Waals surface area contributed by atoms with Gasteiger partial charge in [0.25, 0.3) is 5.91 Å². The van der Waals surface area contributed by atoms with E-state index in [9.17, 15) is 4.79 Å². The highest BCUT2D eigenvalue weighted by Gasteiger charge is 2.16. The van der Waals surface area contributed by atoms with E-state index in [1.54, 1.807) is 11.3 Å². The Hall–Kier alpha value is -1.08. The van der Waals surface area contributed by atoms with Crippen LogP contribution in [0.15, 0.2) is 17.6 Å². The first-order valence-corrected chi connectivity index (χ1v) is 7.73. The highest BCUT2D eigenvalue weighted by atomic mass is 35.5. The van der Waals surface area contributed by atoms with Crippen LogP contribution in [-0.2, 0) is 0 Å². The number of amides is 1. The van der Waals surface area contributed by atoms with E-state index in [-0.39, 0.29) is 30.7 Å². The first kappa shape index (κ1) is 19.0. The smallest absolute Gasteiger partial charge is 0.267 e. The molecule has 1 aliphatic rings. The number of nitrogens with one attached hydrogen (secondary N) is 3. The zero-order chi connectivity index (χ0) is 13.9. The first-order valence-electron chi connectivity index (χ1n) is 6.85. The minimum atomic E-state index is -0.0584. The van der Waals surface area contributed by atoms with E-state index in [4.69, 9.17) is 0 Å². The number of carbonyl (C=O) groups is 1. The lowest BCUT2D eigenvalue weighted by molar-refractivity contribution is 0.0946. The molecule has 2 aromatic heterocycles. The van der Waals surface area contributed by atoms with Crippen molar-refractivity contribution in [2.75, 3.05) is 13.1 Å². The van der Waals surface area contributed by atoms with Gasteiger partial charge in [-0.05, 0) is 32.4 Å². The van der Waals surface area contributed by atoms with Crippen molar-refractivity contribution in [1.82, 2.24) is 20.6 Å². The molecule has 2 aromatic rings. The molecule has 1 unspecified atom stereocenters. The number of halogens is 2. The van der Waals surface area contributed by atoms with Gasteiger partial charge in [-0.25, -0.2) is 4.98 Å². The number of aromatic nitrogens is 2. The van der Waals surface area contributed by atoms with Crippen molar-refractivity contribution >= 4 is 42.1 Å². The van der Waals surface area contributed by atoms with Crippen LogP contribution in [-0.4, -0.2) is 35.0 Å². The predicted molar refractivity (Wildman–Crippen MR) is 94.5 cm³/mol. The van der Waals surface area contributed by atoms with E-state index >= 15 is 0 Å². The van der Waals surface area contributed by atoms with Crippen molar-refractivity contribution in [2.24, 2.45) is 0 Å². The maximum absolute atomic E-state index is 12.1. The molecular weight excluding hydrogens is 343 g/mol. The number of aryl methyl sites for hydroxylation is 1. The van der Waals surface area contributed by atoms with Gasteiger partial charge in [0.2, 0.25) is 0 Å². The van der Waals surface area contributed by atoms with Crippen molar-refractivity contribution in [3.8, 4) is 11.3 Å². The predicted octanol–water partition coefficient (Wildman–Crippen LogP) is 2.77. The van der Waals surface area contributed by atoms with Gasteiger partial charge in [-0.15, -0.1) is 36.2 Å².